The molecule has 0 bridgehead atoms. The first-order valence-electron chi connectivity index (χ1n) is 4.00. The Morgan fingerprint density at radius 1 is 1.64 bits per heavy atom. The Labute approximate surface area is 90.3 Å². The van der Waals surface area contributed by atoms with Crippen molar-refractivity contribution >= 4 is 29.1 Å². The van der Waals surface area contributed by atoms with E-state index in [9.17, 15) is 0 Å². The van der Waals surface area contributed by atoms with E-state index in [0.717, 1.165) is 16.1 Å². The van der Waals surface area contributed by atoms with Crippen molar-refractivity contribution in [3.63, 3.8) is 0 Å². The van der Waals surface area contributed by atoms with Crippen LogP contribution in [0, 0.1) is 0 Å². The zero-order valence-electron chi connectivity index (χ0n) is 7.14. The highest BCUT2D eigenvalue weighted by molar-refractivity contribution is 8.01. The summed E-state index contributed by atoms with van der Waals surface area (Å²) in [5.74, 6) is 0. The van der Waals surface area contributed by atoms with Gasteiger partial charge >= 0.3 is 0 Å². The Balaban J connectivity index is 2.23. The molecule has 1 N–H and O–H groups in total. The Morgan fingerprint density at radius 2 is 2.50 bits per heavy atom. The largest absolute Gasteiger partial charge is 0.360 e. The van der Waals surface area contributed by atoms with Crippen LogP contribution in [0.15, 0.2) is 28.2 Å². The lowest BCUT2D eigenvalue weighted by Crippen LogP contribution is -1.98. The topological polar surface area (TPSA) is 60.8 Å². The number of anilines is 1. The van der Waals surface area contributed by atoms with Gasteiger partial charge in [0.25, 0.3) is 0 Å². The summed E-state index contributed by atoms with van der Waals surface area (Å²) in [6.07, 6.45) is 0. The molecule has 2 rings (SSSR count). The van der Waals surface area contributed by atoms with Gasteiger partial charge in [0.1, 0.15) is 0 Å². The molecule has 0 fully saturated rings. The van der Waals surface area contributed by atoms with Gasteiger partial charge in [-0.3, -0.25) is 0 Å². The van der Waals surface area contributed by atoms with E-state index in [1.165, 1.54) is 0 Å². The number of fused-ring (bicyclic) bond motifs is 1. The molecular weight excluding hydrogens is 220 g/mol. The van der Waals surface area contributed by atoms with E-state index in [-0.39, 0.29) is 4.83 Å². The van der Waals surface area contributed by atoms with Crippen molar-refractivity contribution in [1.29, 1.82) is 0 Å². The zero-order valence-corrected chi connectivity index (χ0v) is 8.72. The second kappa shape index (κ2) is 4.00. The molecular formula is C8H7ClN4S. The van der Waals surface area contributed by atoms with Gasteiger partial charge in [0, 0.05) is 15.5 Å². The van der Waals surface area contributed by atoms with E-state index in [1.54, 1.807) is 11.8 Å². The summed E-state index contributed by atoms with van der Waals surface area (Å²) in [7, 11) is 0. The predicted molar refractivity (Wildman–Crippen MR) is 58.4 cm³/mol. The predicted octanol–water partition coefficient (Wildman–Crippen LogP) is 3.54. The second-order valence-corrected chi connectivity index (χ2v) is 4.64. The van der Waals surface area contributed by atoms with Crippen molar-refractivity contribution in [3.05, 3.63) is 34.2 Å². The number of nitrogens with one attached hydrogen (secondary N) is 1. The van der Waals surface area contributed by atoms with E-state index in [1.807, 2.05) is 18.2 Å². The third kappa shape index (κ3) is 1.90. The molecule has 4 nitrogen and oxygen atoms in total. The summed E-state index contributed by atoms with van der Waals surface area (Å²) in [5, 5.41) is 6.61. The molecule has 72 valence electrons. The second-order valence-electron chi connectivity index (χ2n) is 2.80. The van der Waals surface area contributed by atoms with Crippen molar-refractivity contribution in [1.82, 2.24) is 0 Å². The van der Waals surface area contributed by atoms with Gasteiger partial charge in [-0.15, -0.1) is 0 Å². The van der Waals surface area contributed by atoms with Gasteiger partial charge in [0.2, 0.25) is 0 Å². The average Bonchev–Trinajstić information content (AvgIpc) is 2.54. The maximum atomic E-state index is 8.18. The molecule has 1 aliphatic heterocycles. The van der Waals surface area contributed by atoms with Gasteiger partial charge in [0.15, 0.2) is 4.83 Å². The fraction of sp³-hybridized carbons (Fsp3) is 0.250. The highest BCUT2D eigenvalue weighted by Gasteiger charge is 2.18. The number of rotatable bonds is 2. The van der Waals surface area contributed by atoms with Gasteiger partial charge in [-0.25, -0.2) is 0 Å². The first kappa shape index (κ1) is 9.52. The average molecular weight is 227 g/mol. The minimum Gasteiger partial charge on any atom is -0.360 e. The van der Waals surface area contributed by atoms with Gasteiger partial charge in [-0.1, -0.05) is 34.5 Å². The highest BCUT2D eigenvalue weighted by Crippen LogP contribution is 2.40. The molecule has 1 unspecified atom stereocenters. The standard InChI is InChI=1S/C8H7ClN4S/c9-8-12-6-2-1-5(4-11-13-10)3-7(6)14-8/h1-3,8,12H,4H2. The summed E-state index contributed by atoms with van der Waals surface area (Å²) in [6, 6.07) is 5.87. The summed E-state index contributed by atoms with van der Waals surface area (Å²) in [6.45, 7) is 0.386. The van der Waals surface area contributed by atoms with Crippen LogP contribution in [0.3, 0.4) is 0 Å². The van der Waals surface area contributed by atoms with Crippen LogP contribution < -0.4 is 5.32 Å². The first-order valence-corrected chi connectivity index (χ1v) is 5.32. The molecule has 0 radical (unpaired) electrons. The van der Waals surface area contributed by atoms with Crippen LogP contribution in [0.25, 0.3) is 10.4 Å². The van der Waals surface area contributed by atoms with Crippen LogP contribution in [0.4, 0.5) is 5.69 Å². The quantitative estimate of drug-likeness (QED) is 0.276. The number of halogens is 1. The van der Waals surface area contributed by atoms with Crippen molar-refractivity contribution in [3.8, 4) is 0 Å². The maximum Gasteiger partial charge on any atom is 0.153 e. The molecule has 14 heavy (non-hydrogen) atoms. The number of hydrogen-bond acceptors (Lipinski definition) is 3. The molecule has 0 saturated carbocycles. The van der Waals surface area contributed by atoms with Crippen molar-refractivity contribution < 1.29 is 0 Å². The SMILES string of the molecule is [N-]=[N+]=NCc1ccc2c(c1)SC(Cl)N2. The van der Waals surface area contributed by atoms with Crippen LogP contribution in [0.5, 0.6) is 0 Å². The van der Waals surface area contributed by atoms with Crippen LogP contribution in [0.2, 0.25) is 0 Å². The van der Waals surface area contributed by atoms with Gasteiger partial charge in [-0.2, -0.15) is 0 Å². The zero-order chi connectivity index (χ0) is 9.97. The van der Waals surface area contributed by atoms with E-state index in [2.05, 4.69) is 15.3 Å². The fourth-order valence-electron chi connectivity index (χ4n) is 1.26. The fourth-order valence-corrected chi connectivity index (χ4v) is 2.55. The Morgan fingerprint density at radius 3 is 3.29 bits per heavy atom. The molecule has 1 heterocycles. The molecule has 1 aromatic rings. The molecule has 0 amide bonds. The number of benzene rings is 1. The lowest BCUT2D eigenvalue weighted by molar-refractivity contribution is 1.04. The van der Waals surface area contributed by atoms with Crippen LogP contribution in [0.1, 0.15) is 5.56 Å². The molecule has 1 aromatic carbocycles. The summed E-state index contributed by atoms with van der Waals surface area (Å²) in [4.78, 5) is 3.73. The molecule has 0 aromatic heterocycles. The van der Waals surface area contributed by atoms with Gasteiger partial charge in [-0.05, 0) is 23.2 Å². The van der Waals surface area contributed by atoms with E-state index < -0.39 is 0 Å². The molecule has 0 saturated heterocycles. The van der Waals surface area contributed by atoms with E-state index in [4.69, 9.17) is 17.1 Å². The summed E-state index contributed by atoms with van der Waals surface area (Å²) >= 11 is 7.46. The van der Waals surface area contributed by atoms with Crippen LogP contribution >= 0.6 is 23.4 Å². The molecule has 0 spiro atoms. The summed E-state index contributed by atoms with van der Waals surface area (Å²) in [5.41, 5.74) is 10.2. The smallest absolute Gasteiger partial charge is 0.153 e. The number of nitrogens with zero attached hydrogens (tertiary/aromatic N) is 3. The lowest BCUT2D eigenvalue weighted by Gasteiger charge is -2.00. The Kier molecular flexibility index (Phi) is 2.72. The Hall–Kier alpha value is -1.03. The van der Waals surface area contributed by atoms with E-state index >= 15 is 0 Å². The summed E-state index contributed by atoms with van der Waals surface area (Å²) < 4.78 is 0. The minimum atomic E-state index is -0.0975. The number of alkyl halides is 1. The van der Waals surface area contributed by atoms with Crippen molar-refractivity contribution in [2.75, 3.05) is 5.32 Å². The first-order chi connectivity index (χ1) is 6.79. The Bertz CT molecular complexity index is 402. The monoisotopic (exact) mass is 226 g/mol. The normalized spacial score (nSPS) is 18.2. The maximum absolute atomic E-state index is 8.18. The number of hydrogen-bond donors (Lipinski definition) is 1. The third-order valence-electron chi connectivity index (χ3n) is 1.86. The van der Waals surface area contributed by atoms with Gasteiger partial charge < -0.3 is 5.32 Å². The third-order valence-corrected chi connectivity index (χ3v) is 3.15. The van der Waals surface area contributed by atoms with Crippen molar-refractivity contribution in [2.24, 2.45) is 5.11 Å². The highest BCUT2D eigenvalue weighted by atomic mass is 35.5. The van der Waals surface area contributed by atoms with Gasteiger partial charge in [0.05, 0.1) is 6.54 Å². The molecule has 1 aliphatic rings. The number of thioether (sulfide) groups is 1. The van der Waals surface area contributed by atoms with E-state index in [0.29, 0.717) is 6.54 Å². The molecule has 0 aliphatic carbocycles. The molecule has 1 atom stereocenters. The van der Waals surface area contributed by atoms with Crippen LogP contribution in [-0.2, 0) is 6.54 Å². The number of azide groups is 1. The lowest BCUT2D eigenvalue weighted by atomic mass is 10.2. The van der Waals surface area contributed by atoms with Crippen LogP contribution in [-0.4, -0.2) is 4.83 Å². The molecule has 6 heteroatoms. The minimum absolute atomic E-state index is 0.0975. The van der Waals surface area contributed by atoms with Crippen molar-refractivity contribution in [2.45, 2.75) is 16.3 Å².